The van der Waals surface area contributed by atoms with Gasteiger partial charge in [-0.25, -0.2) is 13.1 Å². The van der Waals surface area contributed by atoms with Gasteiger partial charge in [-0.05, 0) is 19.2 Å². The van der Waals surface area contributed by atoms with Crippen molar-refractivity contribution in [2.24, 2.45) is 0 Å². The van der Waals surface area contributed by atoms with Crippen LogP contribution in [0.3, 0.4) is 0 Å². The third kappa shape index (κ3) is 3.59. The van der Waals surface area contributed by atoms with E-state index in [1.807, 2.05) is 0 Å². The van der Waals surface area contributed by atoms with Gasteiger partial charge in [-0.1, -0.05) is 0 Å². The zero-order chi connectivity index (χ0) is 17.2. The fourth-order valence-corrected chi connectivity index (χ4v) is 3.21. The van der Waals surface area contributed by atoms with Crippen molar-refractivity contribution in [2.45, 2.75) is 11.8 Å². The number of amides is 1. The standard InChI is InChI=1S/C13H18N4O5S/c1-10(18)15-5-7-16(8-6-15)12-4-3-11(23(21,22)14-2)9-13(12)17(19)20/h3-4,9,14H,5-8H2,1-2H3. The molecular formula is C13H18N4O5S. The first-order valence-corrected chi connectivity index (χ1v) is 8.47. The fourth-order valence-electron chi connectivity index (χ4n) is 2.46. The smallest absolute Gasteiger partial charge is 0.293 e. The second kappa shape index (κ2) is 6.50. The Bertz CT molecular complexity index is 726. The summed E-state index contributed by atoms with van der Waals surface area (Å²) in [6.45, 7) is 3.35. The number of hydrogen-bond acceptors (Lipinski definition) is 6. The highest BCUT2D eigenvalue weighted by Crippen LogP contribution is 2.31. The zero-order valence-electron chi connectivity index (χ0n) is 12.9. The van der Waals surface area contributed by atoms with Gasteiger partial charge in [0, 0.05) is 39.2 Å². The number of nitro groups is 1. The third-order valence-corrected chi connectivity index (χ3v) is 5.20. The summed E-state index contributed by atoms with van der Waals surface area (Å²) in [5.41, 5.74) is 0.0888. The highest BCUT2D eigenvalue weighted by atomic mass is 32.2. The first-order valence-electron chi connectivity index (χ1n) is 6.98. The Hall–Kier alpha value is -2.20. The van der Waals surface area contributed by atoms with E-state index in [9.17, 15) is 23.3 Å². The van der Waals surface area contributed by atoms with Crippen LogP contribution in [0.1, 0.15) is 6.92 Å². The molecule has 0 atom stereocenters. The number of anilines is 1. The molecule has 2 rings (SSSR count). The fraction of sp³-hybridized carbons (Fsp3) is 0.462. The molecule has 1 aliphatic heterocycles. The third-order valence-electron chi connectivity index (χ3n) is 3.79. The molecule has 126 valence electrons. The molecule has 0 saturated carbocycles. The van der Waals surface area contributed by atoms with Gasteiger partial charge in [-0.15, -0.1) is 0 Å². The first-order chi connectivity index (χ1) is 10.8. The predicted molar refractivity (Wildman–Crippen MR) is 83.8 cm³/mol. The number of carbonyl (C=O) groups excluding carboxylic acids is 1. The molecule has 1 heterocycles. The largest absolute Gasteiger partial charge is 0.362 e. The lowest BCUT2D eigenvalue weighted by atomic mass is 10.2. The molecule has 1 aromatic carbocycles. The van der Waals surface area contributed by atoms with Crippen LogP contribution in [0.2, 0.25) is 0 Å². The summed E-state index contributed by atoms with van der Waals surface area (Å²) < 4.78 is 25.7. The summed E-state index contributed by atoms with van der Waals surface area (Å²) in [5, 5.41) is 11.3. The zero-order valence-corrected chi connectivity index (χ0v) is 13.7. The molecule has 1 amide bonds. The predicted octanol–water partition coefficient (Wildman–Crippen LogP) is 0.171. The van der Waals surface area contributed by atoms with E-state index in [4.69, 9.17) is 0 Å². The maximum atomic E-state index is 11.8. The van der Waals surface area contributed by atoms with Crippen LogP contribution < -0.4 is 9.62 Å². The van der Waals surface area contributed by atoms with Crippen molar-refractivity contribution in [3.05, 3.63) is 28.3 Å². The monoisotopic (exact) mass is 342 g/mol. The molecule has 0 radical (unpaired) electrons. The highest BCUT2D eigenvalue weighted by Gasteiger charge is 2.26. The first kappa shape index (κ1) is 17.2. The molecule has 0 unspecified atom stereocenters. The van der Waals surface area contributed by atoms with E-state index < -0.39 is 14.9 Å². The Balaban J connectivity index is 2.33. The number of hydrogen-bond donors (Lipinski definition) is 1. The van der Waals surface area contributed by atoms with Crippen LogP contribution in [0.5, 0.6) is 0 Å². The summed E-state index contributed by atoms with van der Waals surface area (Å²) in [4.78, 5) is 25.3. The van der Waals surface area contributed by atoms with Crippen molar-refractivity contribution in [3.8, 4) is 0 Å². The van der Waals surface area contributed by atoms with Crippen LogP contribution in [0.25, 0.3) is 0 Å². The van der Waals surface area contributed by atoms with Crippen LogP contribution in [-0.4, -0.2) is 57.4 Å². The minimum atomic E-state index is -3.75. The maximum absolute atomic E-state index is 11.8. The van der Waals surface area contributed by atoms with E-state index in [2.05, 4.69) is 4.72 Å². The Morgan fingerprint density at radius 1 is 1.26 bits per heavy atom. The van der Waals surface area contributed by atoms with E-state index in [1.165, 1.54) is 26.1 Å². The van der Waals surface area contributed by atoms with Crippen molar-refractivity contribution in [3.63, 3.8) is 0 Å². The van der Waals surface area contributed by atoms with Crippen molar-refractivity contribution >= 4 is 27.3 Å². The Kier molecular flexibility index (Phi) is 4.85. The van der Waals surface area contributed by atoms with Gasteiger partial charge in [-0.3, -0.25) is 14.9 Å². The van der Waals surface area contributed by atoms with Gasteiger partial charge < -0.3 is 9.80 Å². The molecule has 0 aromatic heterocycles. The SMILES string of the molecule is CNS(=O)(=O)c1ccc(N2CCN(C(C)=O)CC2)c([N+](=O)[O-])c1. The summed E-state index contributed by atoms with van der Waals surface area (Å²) in [6, 6.07) is 3.83. The molecule has 1 N–H and O–H groups in total. The van der Waals surface area contributed by atoms with Crippen molar-refractivity contribution in [1.29, 1.82) is 0 Å². The van der Waals surface area contributed by atoms with Gasteiger partial charge in [-0.2, -0.15) is 0 Å². The van der Waals surface area contributed by atoms with Gasteiger partial charge in [0.2, 0.25) is 15.9 Å². The van der Waals surface area contributed by atoms with E-state index in [1.54, 1.807) is 9.80 Å². The minimum Gasteiger partial charge on any atom is -0.362 e. The number of rotatable bonds is 4. The van der Waals surface area contributed by atoms with Gasteiger partial charge in [0.25, 0.3) is 5.69 Å². The molecule has 10 heteroatoms. The lowest BCUT2D eigenvalue weighted by Gasteiger charge is -2.35. The van der Waals surface area contributed by atoms with Crippen LogP contribution in [0, 0.1) is 10.1 Å². The van der Waals surface area contributed by atoms with Gasteiger partial charge in [0.1, 0.15) is 5.69 Å². The number of sulfonamides is 1. The lowest BCUT2D eigenvalue weighted by Crippen LogP contribution is -2.48. The van der Waals surface area contributed by atoms with Gasteiger partial charge >= 0.3 is 0 Å². The number of carbonyl (C=O) groups is 1. The molecule has 0 spiro atoms. The number of nitro benzene ring substituents is 1. The molecule has 1 aromatic rings. The minimum absolute atomic E-state index is 0.0328. The number of nitrogens with one attached hydrogen (secondary N) is 1. The topological polar surface area (TPSA) is 113 Å². The molecule has 1 fully saturated rings. The highest BCUT2D eigenvalue weighted by molar-refractivity contribution is 7.89. The quantitative estimate of drug-likeness (QED) is 0.616. The maximum Gasteiger partial charge on any atom is 0.293 e. The molecule has 0 bridgehead atoms. The second-order valence-corrected chi connectivity index (χ2v) is 6.99. The van der Waals surface area contributed by atoms with Crippen LogP contribution in [0.15, 0.2) is 23.1 Å². The summed E-state index contributed by atoms with van der Waals surface area (Å²) in [7, 11) is -2.50. The Morgan fingerprint density at radius 3 is 2.35 bits per heavy atom. The number of benzene rings is 1. The number of piperazine rings is 1. The van der Waals surface area contributed by atoms with Crippen LogP contribution in [0.4, 0.5) is 11.4 Å². The normalized spacial score (nSPS) is 15.6. The molecule has 23 heavy (non-hydrogen) atoms. The van der Waals surface area contributed by atoms with Crippen molar-refractivity contribution in [1.82, 2.24) is 9.62 Å². The van der Waals surface area contributed by atoms with Gasteiger partial charge in [0.15, 0.2) is 0 Å². The van der Waals surface area contributed by atoms with Crippen molar-refractivity contribution in [2.75, 3.05) is 38.1 Å². The molecular weight excluding hydrogens is 324 g/mol. The molecule has 1 aliphatic rings. The lowest BCUT2D eigenvalue weighted by molar-refractivity contribution is -0.384. The average molecular weight is 342 g/mol. The molecule has 0 aliphatic carbocycles. The Labute approximate surface area is 134 Å². The second-order valence-electron chi connectivity index (χ2n) is 5.11. The van der Waals surface area contributed by atoms with Gasteiger partial charge in [0.05, 0.1) is 9.82 Å². The van der Waals surface area contributed by atoms with Crippen LogP contribution >= 0.6 is 0 Å². The average Bonchev–Trinajstić information content (AvgIpc) is 2.54. The summed E-state index contributed by atoms with van der Waals surface area (Å²) in [6.07, 6.45) is 0. The van der Waals surface area contributed by atoms with Crippen molar-refractivity contribution < 1.29 is 18.1 Å². The summed E-state index contributed by atoms with van der Waals surface area (Å²) >= 11 is 0. The van der Waals surface area contributed by atoms with E-state index in [0.717, 1.165) is 6.07 Å². The van der Waals surface area contributed by atoms with E-state index in [-0.39, 0.29) is 16.5 Å². The Morgan fingerprint density at radius 2 is 1.87 bits per heavy atom. The summed E-state index contributed by atoms with van der Waals surface area (Å²) in [5.74, 6) is -0.0328. The molecule has 1 saturated heterocycles. The van der Waals surface area contributed by atoms with E-state index in [0.29, 0.717) is 31.9 Å². The number of nitrogens with zero attached hydrogens (tertiary/aromatic N) is 3. The van der Waals surface area contributed by atoms with Crippen LogP contribution in [-0.2, 0) is 14.8 Å². The van der Waals surface area contributed by atoms with E-state index >= 15 is 0 Å². The molecule has 9 nitrogen and oxygen atoms in total.